The van der Waals surface area contributed by atoms with Crippen LogP contribution in [0.5, 0.6) is 0 Å². The van der Waals surface area contributed by atoms with Gasteiger partial charge in [0.1, 0.15) is 0 Å². The van der Waals surface area contributed by atoms with Gasteiger partial charge in [0.15, 0.2) is 0 Å². The summed E-state index contributed by atoms with van der Waals surface area (Å²) in [5.41, 5.74) is 5.78. The van der Waals surface area contributed by atoms with Crippen LogP contribution >= 0.6 is 11.9 Å². The fourth-order valence-electron chi connectivity index (χ4n) is 0.665. The van der Waals surface area contributed by atoms with Gasteiger partial charge in [-0.1, -0.05) is 6.07 Å². The molecule has 0 aliphatic heterocycles. The fraction of sp³-hybridized carbons (Fsp3) is 0.143. The van der Waals surface area contributed by atoms with Crippen molar-refractivity contribution in [3.63, 3.8) is 0 Å². The Bertz CT molecular complexity index is 252. The maximum Gasteiger partial charge on any atom is 0.322 e. The van der Waals surface area contributed by atoms with E-state index in [2.05, 4.69) is 9.71 Å². The molecule has 0 spiro atoms. The van der Waals surface area contributed by atoms with Crippen LogP contribution in [0.3, 0.4) is 0 Å². The van der Waals surface area contributed by atoms with Crippen molar-refractivity contribution in [1.29, 1.82) is 0 Å². The Kier molecular flexibility index (Phi) is 3.40. The lowest BCUT2D eigenvalue weighted by molar-refractivity contribution is 0.254. The number of urea groups is 1. The lowest BCUT2D eigenvalue weighted by Gasteiger charge is -1.99. The minimum atomic E-state index is -0.532. The monoisotopic (exact) mass is 183 g/mol. The smallest absolute Gasteiger partial charge is 0.322 e. The summed E-state index contributed by atoms with van der Waals surface area (Å²) < 4.78 is 2.41. The molecular weight excluding hydrogens is 174 g/mol. The molecule has 0 aliphatic rings. The molecule has 1 rings (SSSR count). The van der Waals surface area contributed by atoms with E-state index in [0.29, 0.717) is 5.75 Å². The Morgan fingerprint density at radius 2 is 2.50 bits per heavy atom. The van der Waals surface area contributed by atoms with Gasteiger partial charge in [-0.25, -0.2) is 4.79 Å². The van der Waals surface area contributed by atoms with Crippen molar-refractivity contribution in [3.05, 3.63) is 30.1 Å². The van der Waals surface area contributed by atoms with E-state index in [1.54, 1.807) is 6.20 Å². The molecule has 1 heterocycles. The number of amides is 2. The standard InChI is InChI=1S/C7H9N3OS/c8-7(11)10-12-5-6-3-1-2-4-9-6/h1-4H,5H2,(H3,8,10,11). The number of carbonyl (C=O) groups is 1. The molecule has 0 unspecified atom stereocenters. The molecule has 64 valence electrons. The zero-order chi connectivity index (χ0) is 8.81. The normalized spacial score (nSPS) is 9.33. The molecule has 2 amide bonds. The minimum Gasteiger partial charge on any atom is -0.351 e. The van der Waals surface area contributed by atoms with E-state index >= 15 is 0 Å². The second kappa shape index (κ2) is 4.61. The highest BCUT2D eigenvalue weighted by molar-refractivity contribution is 7.97. The largest absolute Gasteiger partial charge is 0.351 e. The Hall–Kier alpha value is -1.23. The molecule has 0 radical (unpaired) electrons. The lowest BCUT2D eigenvalue weighted by atomic mass is 10.4. The first-order valence-electron chi connectivity index (χ1n) is 3.36. The Balaban J connectivity index is 2.29. The van der Waals surface area contributed by atoms with Crippen LogP contribution < -0.4 is 10.5 Å². The van der Waals surface area contributed by atoms with Crippen LogP contribution in [-0.2, 0) is 5.75 Å². The van der Waals surface area contributed by atoms with E-state index in [4.69, 9.17) is 5.73 Å². The molecule has 1 aromatic heterocycles. The van der Waals surface area contributed by atoms with Crippen LogP contribution in [0.15, 0.2) is 24.4 Å². The Morgan fingerprint density at radius 1 is 1.67 bits per heavy atom. The molecule has 0 aromatic carbocycles. The average Bonchev–Trinajstić information content (AvgIpc) is 2.05. The number of pyridine rings is 1. The summed E-state index contributed by atoms with van der Waals surface area (Å²) in [7, 11) is 0. The first-order valence-corrected chi connectivity index (χ1v) is 4.35. The highest BCUT2D eigenvalue weighted by Gasteiger charge is 1.94. The summed E-state index contributed by atoms with van der Waals surface area (Å²) in [5, 5.41) is 0. The van der Waals surface area contributed by atoms with Crippen molar-refractivity contribution in [2.24, 2.45) is 5.73 Å². The van der Waals surface area contributed by atoms with Crippen LogP contribution in [0.1, 0.15) is 5.69 Å². The summed E-state index contributed by atoms with van der Waals surface area (Å²) in [5.74, 6) is 0.629. The average molecular weight is 183 g/mol. The van der Waals surface area contributed by atoms with Crippen LogP contribution in [0, 0.1) is 0 Å². The number of nitrogens with one attached hydrogen (secondary N) is 1. The number of nitrogens with zero attached hydrogens (tertiary/aromatic N) is 1. The molecule has 4 nitrogen and oxygen atoms in total. The molecule has 0 saturated heterocycles. The van der Waals surface area contributed by atoms with Gasteiger partial charge in [-0.15, -0.1) is 0 Å². The SMILES string of the molecule is NC(=O)NSCc1ccccn1. The highest BCUT2D eigenvalue weighted by atomic mass is 32.2. The van der Waals surface area contributed by atoms with E-state index < -0.39 is 6.03 Å². The van der Waals surface area contributed by atoms with Crippen molar-refractivity contribution < 1.29 is 4.79 Å². The van der Waals surface area contributed by atoms with E-state index in [0.717, 1.165) is 5.69 Å². The van der Waals surface area contributed by atoms with Gasteiger partial charge in [-0.2, -0.15) is 0 Å². The van der Waals surface area contributed by atoms with E-state index in [1.165, 1.54) is 11.9 Å². The first kappa shape index (κ1) is 8.86. The molecule has 0 atom stereocenters. The summed E-state index contributed by atoms with van der Waals surface area (Å²) in [4.78, 5) is 14.3. The third-order valence-corrected chi connectivity index (χ3v) is 1.90. The quantitative estimate of drug-likeness (QED) is 0.684. The van der Waals surface area contributed by atoms with E-state index in [1.807, 2.05) is 18.2 Å². The summed E-state index contributed by atoms with van der Waals surface area (Å²) in [6.07, 6.45) is 1.71. The summed E-state index contributed by atoms with van der Waals surface area (Å²) >= 11 is 1.23. The van der Waals surface area contributed by atoms with Crippen molar-refractivity contribution in [1.82, 2.24) is 9.71 Å². The maximum absolute atomic E-state index is 10.3. The van der Waals surface area contributed by atoms with Gasteiger partial charge in [0.05, 0.1) is 11.4 Å². The zero-order valence-corrected chi connectivity index (χ0v) is 7.17. The number of primary amides is 1. The molecular formula is C7H9N3OS. The van der Waals surface area contributed by atoms with E-state index in [-0.39, 0.29) is 0 Å². The molecule has 1 aromatic rings. The predicted molar refractivity (Wildman–Crippen MR) is 48.3 cm³/mol. The minimum absolute atomic E-state index is 0.532. The number of hydrogen-bond donors (Lipinski definition) is 2. The van der Waals surface area contributed by atoms with Crippen molar-refractivity contribution in [3.8, 4) is 0 Å². The highest BCUT2D eigenvalue weighted by Crippen LogP contribution is 2.04. The number of nitrogens with two attached hydrogens (primary N) is 1. The second-order valence-electron chi connectivity index (χ2n) is 2.08. The lowest BCUT2D eigenvalue weighted by Crippen LogP contribution is -2.23. The van der Waals surface area contributed by atoms with Gasteiger partial charge in [-0.3, -0.25) is 9.71 Å². The van der Waals surface area contributed by atoms with Gasteiger partial charge < -0.3 is 5.73 Å². The molecule has 0 aliphatic carbocycles. The Morgan fingerprint density at radius 3 is 3.08 bits per heavy atom. The van der Waals surface area contributed by atoms with Crippen LogP contribution in [0.25, 0.3) is 0 Å². The van der Waals surface area contributed by atoms with E-state index in [9.17, 15) is 4.79 Å². The topological polar surface area (TPSA) is 68.0 Å². The Labute approximate surface area is 74.7 Å². The van der Waals surface area contributed by atoms with Gasteiger partial charge in [0.2, 0.25) is 0 Å². The number of aromatic nitrogens is 1. The van der Waals surface area contributed by atoms with Gasteiger partial charge in [0, 0.05) is 6.20 Å². The fourth-order valence-corrected chi connectivity index (χ4v) is 1.20. The van der Waals surface area contributed by atoms with Crippen molar-refractivity contribution in [2.45, 2.75) is 5.75 Å². The molecule has 0 bridgehead atoms. The number of carbonyl (C=O) groups excluding carboxylic acids is 1. The van der Waals surface area contributed by atoms with Gasteiger partial charge >= 0.3 is 6.03 Å². The second-order valence-corrected chi connectivity index (χ2v) is 2.86. The summed E-state index contributed by atoms with van der Waals surface area (Å²) in [6.45, 7) is 0. The van der Waals surface area contributed by atoms with Crippen LogP contribution in [0.2, 0.25) is 0 Å². The van der Waals surface area contributed by atoms with Gasteiger partial charge in [0.25, 0.3) is 0 Å². The molecule has 3 N–H and O–H groups in total. The summed E-state index contributed by atoms with van der Waals surface area (Å²) in [6, 6.07) is 5.09. The zero-order valence-electron chi connectivity index (χ0n) is 6.36. The first-order chi connectivity index (χ1) is 5.79. The van der Waals surface area contributed by atoms with Gasteiger partial charge in [-0.05, 0) is 24.1 Å². The van der Waals surface area contributed by atoms with Crippen molar-refractivity contribution >= 4 is 18.0 Å². The maximum atomic E-state index is 10.3. The van der Waals surface area contributed by atoms with Crippen LogP contribution in [-0.4, -0.2) is 11.0 Å². The van der Waals surface area contributed by atoms with Crippen molar-refractivity contribution in [2.75, 3.05) is 0 Å². The molecule has 5 heteroatoms. The number of rotatable bonds is 3. The third kappa shape index (κ3) is 3.25. The molecule has 0 fully saturated rings. The predicted octanol–water partition coefficient (Wildman–Crippen LogP) is 0.898. The molecule has 0 saturated carbocycles. The number of hydrogen-bond acceptors (Lipinski definition) is 3. The third-order valence-electron chi connectivity index (χ3n) is 1.12. The molecule has 12 heavy (non-hydrogen) atoms. The van der Waals surface area contributed by atoms with Crippen LogP contribution in [0.4, 0.5) is 4.79 Å².